The average molecular weight is 281 g/mol. The molecule has 2 aromatic heterocycles. The average Bonchev–Trinajstić information content (AvgIpc) is 2.95. The number of rotatable bonds is 3. The standard InChI is InChI=1S/C12H15N3O3S/c1-12(2,3)17-11(16)14-7-8-6-9(15-18-8)10-13-4-5-19-10/h4-6H,7H2,1-3H3,(H,14,16). The Morgan fingerprint density at radius 1 is 1.53 bits per heavy atom. The summed E-state index contributed by atoms with van der Waals surface area (Å²) in [5.41, 5.74) is 0.147. The van der Waals surface area contributed by atoms with Crippen LogP contribution in [0.2, 0.25) is 0 Å². The van der Waals surface area contributed by atoms with Gasteiger partial charge in [0.05, 0.1) is 6.54 Å². The molecular formula is C12H15N3O3S. The lowest BCUT2D eigenvalue weighted by Crippen LogP contribution is -2.32. The maximum atomic E-state index is 11.5. The molecule has 19 heavy (non-hydrogen) atoms. The first-order valence-electron chi connectivity index (χ1n) is 5.76. The minimum atomic E-state index is -0.516. The topological polar surface area (TPSA) is 77.2 Å². The molecule has 2 aromatic rings. The minimum Gasteiger partial charge on any atom is -0.444 e. The molecule has 1 amide bonds. The summed E-state index contributed by atoms with van der Waals surface area (Å²) >= 11 is 1.48. The van der Waals surface area contributed by atoms with E-state index < -0.39 is 11.7 Å². The lowest BCUT2D eigenvalue weighted by atomic mass is 10.2. The number of hydrogen-bond acceptors (Lipinski definition) is 6. The Morgan fingerprint density at radius 2 is 2.32 bits per heavy atom. The van der Waals surface area contributed by atoms with Crippen molar-refractivity contribution in [3.63, 3.8) is 0 Å². The van der Waals surface area contributed by atoms with E-state index in [1.54, 1.807) is 12.3 Å². The van der Waals surface area contributed by atoms with Crippen molar-refractivity contribution in [1.82, 2.24) is 15.5 Å². The van der Waals surface area contributed by atoms with E-state index in [1.165, 1.54) is 11.3 Å². The van der Waals surface area contributed by atoms with Gasteiger partial charge in [0, 0.05) is 17.6 Å². The highest BCUT2D eigenvalue weighted by molar-refractivity contribution is 7.13. The zero-order valence-electron chi connectivity index (χ0n) is 11.0. The van der Waals surface area contributed by atoms with Crippen LogP contribution in [0.15, 0.2) is 22.2 Å². The third-order valence-corrected chi connectivity index (χ3v) is 2.81. The van der Waals surface area contributed by atoms with E-state index in [0.29, 0.717) is 11.5 Å². The van der Waals surface area contributed by atoms with Crippen molar-refractivity contribution in [3.05, 3.63) is 23.4 Å². The number of ether oxygens (including phenoxy) is 1. The van der Waals surface area contributed by atoms with Gasteiger partial charge >= 0.3 is 6.09 Å². The Kier molecular flexibility index (Phi) is 3.84. The number of alkyl carbamates (subject to hydrolysis) is 1. The zero-order chi connectivity index (χ0) is 13.9. The second kappa shape index (κ2) is 5.40. The van der Waals surface area contributed by atoms with Crippen LogP contribution in [0.4, 0.5) is 4.79 Å². The Bertz CT molecular complexity index is 543. The second-order valence-corrected chi connectivity index (χ2v) is 5.77. The molecule has 0 saturated heterocycles. The predicted octanol–water partition coefficient (Wildman–Crippen LogP) is 2.82. The fourth-order valence-electron chi connectivity index (χ4n) is 1.32. The molecule has 0 atom stereocenters. The summed E-state index contributed by atoms with van der Waals surface area (Å²) in [4.78, 5) is 15.6. The lowest BCUT2D eigenvalue weighted by molar-refractivity contribution is 0.0519. The summed E-state index contributed by atoms with van der Waals surface area (Å²) in [6, 6.07) is 1.75. The van der Waals surface area contributed by atoms with E-state index in [9.17, 15) is 4.79 Å². The van der Waals surface area contributed by atoms with E-state index in [0.717, 1.165) is 5.01 Å². The van der Waals surface area contributed by atoms with Gasteiger partial charge in [-0.25, -0.2) is 9.78 Å². The highest BCUT2D eigenvalue weighted by atomic mass is 32.1. The summed E-state index contributed by atoms with van der Waals surface area (Å²) in [6.07, 6.45) is 1.22. The summed E-state index contributed by atoms with van der Waals surface area (Å²) in [7, 11) is 0. The quantitative estimate of drug-likeness (QED) is 0.936. The third kappa shape index (κ3) is 4.06. The van der Waals surface area contributed by atoms with Gasteiger partial charge < -0.3 is 14.6 Å². The molecule has 0 radical (unpaired) electrons. The van der Waals surface area contributed by atoms with Gasteiger partial charge in [-0.3, -0.25) is 0 Å². The van der Waals surface area contributed by atoms with E-state index in [4.69, 9.17) is 9.26 Å². The molecule has 0 aliphatic heterocycles. The highest BCUT2D eigenvalue weighted by Crippen LogP contribution is 2.21. The summed E-state index contributed by atoms with van der Waals surface area (Å²) in [5.74, 6) is 0.552. The third-order valence-electron chi connectivity index (χ3n) is 2.02. The highest BCUT2D eigenvalue weighted by Gasteiger charge is 2.16. The number of carbonyl (C=O) groups excluding carboxylic acids is 1. The zero-order valence-corrected chi connectivity index (χ0v) is 11.8. The first-order valence-corrected chi connectivity index (χ1v) is 6.64. The van der Waals surface area contributed by atoms with Crippen LogP contribution in [0.5, 0.6) is 0 Å². The molecule has 102 valence electrons. The smallest absolute Gasteiger partial charge is 0.408 e. The van der Waals surface area contributed by atoms with Crippen molar-refractivity contribution < 1.29 is 14.1 Å². The fraction of sp³-hybridized carbons (Fsp3) is 0.417. The molecule has 0 unspecified atom stereocenters. The van der Waals surface area contributed by atoms with Crippen LogP contribution in [0.3, 0.4) is 0 Å². The minimum absolute atomic E-state index is 0.229. The van der Waals surface area contributed by atoms with Crippen molar-refractivity contribution in [2.24, 2.45) is 0 Å². The Morgan fingerprint density at radius 3 is 2.95 bits per heavy atom. The molecule has 1 N–H and O–H groups in total. The number of nitrogens with zero attached hydrogens (tertiary/aromatic N) is 2. The largest absolute Gasteiger partial charge is 0.444 e. The molecule has 0 spiro atoms. The van der Waals surface area contributed by atoms with Crippen LogP contribution in [-0.2, 0) is 11.3 Å². The number of hydrogen-bond donors (Lipinski definition) is 1. The van der Waals surface area contributed by atoms with Crippen molar-refractivity contribution in [2.45, 2.75) is 32.9 Å². The van der Waals surface area contributed by atoms with Crippen molar-refractivity contribution in [3.8, 4) is 10.7 Å². The van der Waals surface area contributed by atoms with E-state index in [-0.39, 0.29) is 6.54 Å². The molecular weight excluding hydrogens is 266 g/mol. The van der Waals surface area contributed by atoms with Gasteiger partial charge in [-0.1, -0.05) is 5.16 Å². The van der Waals surface area contributed by atoms with Crippen LogP contribution < -0.4 is 5.32 Å². The van der Waals surface area contributed by atoms with E-state index >= 15 is 0 Å². The molecule has 0 bridgehead atoms. The fourth-order valence-corrected chi connectivity index (χ4v) is 1.91. The van der Waals surface area contributed by atoms with Gasteiger partial charge in [-0.2, -0.15) is 0 Å². The van der Waals surface area contributed by atoms with Crippen molar-refractivity contribution >= 4 is 17.4 Å². The summed E-state index contributed by atoms with van der Waals surface area (Å²) in [5, 5.41) is 9.14. The molecule has 2 rings (SSSR count). The molecule has 0 aliphatic rings. The molecule has 2 heterocycles. The molecule has 7 heteroatoms. The molecule has 6 nitrogen and oxygen atoms in total. The molecule has 0 fully saturated rings. The van der Waals surface area contributed by atoms with Gasteiger partial charge in [0.25, 0.3) is 0 Å². The van der Waals surface area contributed by atoms with Crippen LogP contribution in [0.25, 0.3) is 10.7 Å². The number of amides is 1. The normalized spacial score (nSPS) is 11.3. The maximum absolute atomic E-state index is 11.5. The SMILES string of the molecule is CC(C)(C)OC(=O)NCc1cc(-c2nccs2)no1. The van der Waals surface area contributed by atoms with Gasteiger partial charge in [0.2, 0.25) is 0 Å². The molecule has 0 aliphatic carbocycles. The molecule has 0 aromatic carbocycles. The van der Waals surface area contributed by atoms with Crippen LogP contribution in [0.1, 0.15) is 26.5 Å². The second-order valence-electron chi connectivity index (χ2n) is 4.87. The first kappa shape index (κ1) is 13.5. The van der Waals surface area contributed by atoms with Gasteiger partial charge in [-0.05, 0) is 20.8 Å². The van der Waals surface area contributed by atoms with Crippen LogP contribution in [-0.4, -0.2) is 21.8 Å². The van der Waals surface area contributed by atoms with Gasteiger partial charge in [0.15, 0.2) is 5.76 Å². The maximum Gasteiger partial charge on any atom is 0.408 e. The van der Waals surface area contributed by atoms with E-state index in [1.807, 2.05) is 26.2 Å². The summed E-state index contributed by atoms with van der Waals surface area (Å²) in [6.45, 7) is 5.65. The molecule has 0 saturated carbocycles. The van der Waals surface area contributed by atoms with E-state index in [2.05, 4.69) is 15.5 Å². The number of thiazole rings is 1. The van der Waals surface area contributed by atoms with Gasteiger partial charge in [-0.15, -0.1) is 11.3 Å². The predicted molar refractivity (Wildman–Crippen MR) is 70.7 cm³/mol. The van der Waals surface area contributed by atoms with Crippen molar-refractivity contribution in [2.75, 3.05) is 0 Å². The monoisotopic (exact) mass is 281 g/mol. The first-order chi connectivity index (χ1) is 8.94. The Labute approximate surface area is 114 Å². The Balaban J connectivity index is 1.89. The number of nitrogens with one attached hydrogen (secondary N) is 1. The van der Waals surface area contributed by atoms with Crippen LogP contribution in [0, 0.1) is 0 Å². The summed E-state index contributed by atoms with van der Waals surface area (Å²) < 4.78 is 10.2. The van der Waals surface area contributed by atoms with Crippen LogP contribution >= 0.6 is 11.3 Å². The number of aromatic nitrogens is 2. The number of carbonyl (C=O) groups is 1. The Hall–Kier alpha value is -1.89. The van der Waals surface area contributed by atoms with Crippen molar-refractivity contribution in [1.29, 1.82) is 0 Å². The van der Waals surface area contributed by atoms with Gasteiger partial charge in [0.1, 0.15) is 16.3 Å². The lowest BCUT2D eigenvalue weighted by Gasteiger charge is -2.19.